The highest BCUT2D eigenvalue weighted by Crippen LogP contribution is 2.25. The molecule has 0 atom stereocenters. The Bertz CT molecular complexity index is 1100. The molecule has 0 aliphatic rings. The molecule has 1 amide bonds. The van der Waals surface area contributed by atoms with E-state index in [2.05, 4.69) is 30.7 Å². The third-order valence-electron chi connectivity index (χ3n) is 3.62. The first kappa shape index (κ1) is 17.6. The number of anilines is 1. The number of aromatic nitrogens is 6. The first-order valence-electron chi connectivity index (χ1n) is 7.94. The number of hydrogen-bond acceptors (Lipinski definition) is 8. The lowest BCUT2D eigenvalue weighted by atomic mass is 10.3. The molecule has 0 saturated carbocycles. The van der Waals surface area contributed by atoms with E-state index >= 15 is 0 Å². The summed E-state index contributed by atoms with van der Waals surface area (Å²) in [7, 11) is 0. The van der Waals surface area contributed by atoms with Crippen LogP contribution in [0.1, 0.15) is 6.42 Å². The molecule has 0 aliphatic heterocycles. The summed E-state index contributed by atoms with van der Waals surface area (Å²) in [4.78, 5) is 17.5. The van der Waals surface area contributed by atoms with Crippen molar-refractivity contribution in [2.75, 3.05) is 5.32 Å². The maximum absolute atomic E-state index is 12.3. The van der Waals surface area contributed by atoms with Crippen LogP contribution >= 0.6 is 34.9 Å². The van der Waals surface area contributed by atoms with Crippen molar-refractivity contribution in [3.63, 3.8) is 0 Å². The summed E-state index contributed by atoms with van der Waals surface area (Å²) in [6.07, 6.45) is 1.93. The number of aromatic amines is 1. The van der Waals surface area contributed by atoms with Gasteiger partial charge in [-0.25, -0.2) is 0 Å². The minimum atomic E-state index is -0.168. The molecule has 136 valence electrons. The van der Waals surface area contributed by atoms with Gasteiger partial charge < -0.3 is 5.32 Å². The lowest BCUT2D eigenvalue weighted by Gasteiger charge is -2.05. The molecule has 0 unspecified atom stereocenters. The maximum Gasteiger partial charge on any atom is 0.227 e. The molecule has 0 saturated heterocycles. The zero-order chi connectivity index (χ0) is 18.6. The Morgan fingerprint density at radius 2 is 2.19 bits per heavy atom. The molecule has 4 aromatic rings. The van der Waals surface area contributed by atoms with Gasteiger partial charge in [-0.15, -0.1) is 21.5 Å². The molecule has 2 N–H and O–H groups in total. The van der Waals surface area contributed by atoms with Gasteiger partial charge in [0.25, 0.3) is 0 Å². The van der Waals surface area contributed by atoms with Crippen LogP contribution in [0.3, 0.4) is 0 Å². The second-order valence-corrected chi connectivity index (χ2v) is 7.72. The van der Waals surface area contributed by atoms with E-state index in [0.717, 1.165) is 16.4 Å². The third kappa shape index (κ3) is 3.99. The summed E-state index contributed by atoms with van der Waals surface area (Å²) in [6.45, 7) is 0.417. The standard InChI is InChI=1S/C16H13N7OS3/c24-12(18-15-21-20-14(27-15)10-4-1-2-7-17-10)6-8-23-13(19-22-16(23)25)11-5-3-9-26-11/h1-5,7,9H,6,8H2,(H,22,25)(H,18,21,24). The van der Waals surface area contributed by atoms with Crippen LogP contribution < -0.4 is 5.32 Å². The average Bonchev–Trinajstić information content (AvgIpc) is 3.42. The second-order valence-electron chi connectivity index (χ2n) is 5.41. The van der Waals surface area contributed by atoms with Crippen molar-refractivity contribution in [3.8, 4) is 21.4 Å². The summed E-state index contributed by atoms with van der Waals surface area (Å²) < 4.78 is 2.31. The van der Waals surface area contributed by atoms with Crippen molar-refractivity contribution < 1.29 is 4.79 Å². The number of carbonyl (C=O) groups excluding carboxylic acids is 1. The van der Waals surface area contributed by atoms with Gasteiger partial charge in [0.1, 0.15) is 5.69 Å². The molecule has 11 heteroatoms. The van der Waals surface area contributed by atoms with Crippen LogP contribution in [0, 0.1) is 4.77 Å². The van der Waals surface area contributed by atoms with E-state index in [4.69, 9.17) is 12.2 Å². The van der Waals surface area contributed by atoms with Crippen molar-refractivity contribution in [1.29, 1.82) is 0 Å². The highest BCUT2D eigenvalue weighted by molar-refractivity contribution is 7.71. The van der Waals surface area contributed by atoms with Gasteiger partial charge in [-0.05, 0) is 35.8 Å². The molecule has 0 spiro atoms. The van der Waals surface area contributed by atoms with E-state index in [1.165, 1.54) is 11.3 Å². The first-order valence-corrected chi connectivity index (χ1v) is 10.0. The minimum Gasteiger partial charge on any atom is -0.300 e. The third-order valence-corrected chi connectivity index (χ3v) is 5.66. The van der Waals surface area contributed by atoms with Crippen molar-refractivity contribution in [2.24, 2.45) is 0 Å². The topological polar surface area (TPSA) is 101 Å². The predicted molar refractivity (Wildman–Crippen MR) is 107 cm³/mol. The first-order chi connectivity index (χ1) is 13.2. The van der Waals surface area contributed by atoms with Crippen molar-refractivity contribution in [2.45, 2.75) is 13.0 Å². The number of nitrogens with one attached hydrogen (secondary N) is 2. The Hall–Kier alpha value is -2.76. The number of H-pyrrole nitrogens is 1. The molecular weight excluding hydrogens is 402 g/mol. The molecule has 0 aliphatic carbocycles. The van der Waals surface area contributed by atoms with E-state index in [0.29, 0.717) is 21.5 Å². The summed E-state index contributed by atoms with van der Waals surface area (Å²) in [5, 5.41) is 20.9. The molecule has 27 heavy (non-hydrogen) atoms. The highest BCUT2D eigenvalue weighted by atomic mass is 32.1. The van der Waals surface area contributed by atoms with Crippen LogP contribution in [0.15, 0.2) is 41.9 Å². The second kappa shape index (κ2) is 7.86. The maximum atomic E-state index is 12.3. The quantitative estimate of drug-likeness (QED) is 0.467. The van der Waals surface area contributed by atoms with E-state index in [9.17, 15) is 4.79 Å². The number of nitrogens with zero attached hydrogens (tertiary/aromatic N) is 5. The number of carbonyl (C=O) groups is 1. The Morgan fingerprint density at radius 1 is 1.26 bits per heavy atom. The van der Waals surface area contributed by atoms with E-state index in [1.807, 2.05) is 40.3 Å². The summed E-state index contributed by atoms with van der Waals surface area (Å²) in [5.74, 6) is 0.565. The van der Waals surface area contributed by atoms with Crippen LogP contribution in [-0.2, 0) is 11.3 Å². The molecule has 4 heterocycles. The van der Waals surface area contributed by atoms with E-state index in [-0.39, 0.29) is 12.3 Å². The van der Waals surface area contributed by atoms with Crippen molar-refractivity contribution in [3.05, 3.63) is 46.7 Å². The van der Waals surface area contributed by atoms with Gasteiger partial charge in [-0.1, -0.05) is 23.5 Å². The fraction of sp³-hybridized carbons (Fsp3) is 0.125. The lowest BCUT2D eigenvalue weighted by molar-refractivity contribution is -0.116. The van der Waals surface area contributed by atoms with Crippen LogP contribution in [0.2, 0.25) is 0 Å². The van der Waals surface area contributed by atoms with Crippen molar-refractivity contribution >= 4 is 45.9 Å². The van der Waals surface area contributed by atoms with Gasteiger partial charge in [0.2, 0.25) is 11.0 Å². The fourth-order valence-electron chi connectivity index (χ4n) is 2.38. The van der Waals surface area contributed by atoms with E-state index < -0.39 is 0 Å². The number of rotatable bonds is 6. The predicted octanol–water partition coefficient (Wildman–Crippen LogP) is 3.61. The lowest BCUT2D eigenvalue weighted by Crippen LogP contribution is -2.15. The normalized spacial score (nSPS) is 10.8. The SMILES string of the molecule is O=C(CCn1c(-c2cccs2)n[nH]c1=S)Nc1nnc(-c2ccccn2)s1. The molecule has 0 bridgehead atoms. The molecule has 0 fully saturated rings. The number of amides is 1. The molecule has 0 radical (unpaired) electrons. The van der Waals surface area contributed by atoms with Gasteiger partial charge in [0.05, 0.1) is 4.88 Å². The number of hydrogen-bond donors (Lipinski definition) is 2. The van der Waals surface area contributed by atoms with Gasteiger partial charge in [-0.2, -0.15) is 5.10 Å². The Labute approximate surface area is 167 Å². The van der Waals surface area contributed by atoms with Crippen LogP contribution in [0.4, 0.5) is 5.13 Å². The Morgan fingerprint density at radius 3 is 2.96 bits per heavy atom. The summed E-state index contributed by atoms with van der Waals surface area (Å²) in [6, 6.07) is 9.47. The molecule has 8 nitrogen and oxygen atoms in total. The van der Waals surface area contributed by atoms with Crippen LogP contribution in [-0.4, -0.2) is 35.9 Å². The molecule has 4 aromatic heterocycles. The number of thiophene rings is 1. The average molecular weight is 416 g/mol. The van der Waals surface area contributed by atoms with Gasteiger partial charge in [-0.3, -0.25) is 19.4 Å². The Balaban J connectivity index is 1.41. The molecular formula is C16H13N7OS3. The van der Waals surface area contributed by atoms with Crippen molar-refractivity contribution in [1.82, 2.24) is 29.9 Å². The van der Waals surface area contributed by atoms with Crippen LogP contribution in [0.5, 0.6) is 0 Å². The Kier molecular flexibility index (Phi) is 5.14. The van der Waals surface area contributed by atoms with Gasteiger partial charge >= 0.3 is 0 Å². The zero-order valence-corrected chi connectivity index (χ0v) is 16.3. The summed E-state index contributed by atoms with van der Waals surface area (Å²) in [5.41, 5.74) is 0.723. The fourth-order valence-corrected chi connectivity index (χ4v) is 4.06. The highest BCUT2D eigenvalue weighted by Gasteiger charge is 2.13. The zero-order valence-electron chi connectivity index (χ0n) is 13.8. The minimum absolute atomic E-state index is 0.168. The monoisotopic (exact) mass is 415 g/mol. The van der Waals surface area contributed by atoms with Gasteiger partial charge in [0.15, 0.2) is 15.6 Å². The summed E-state index contributed by atoms with van der Waals surface area (Å²) >= 11 is 8.13. The van der Waals surface area contributed by atoms with E-state index in [1.54, 1.807) is 17.5 Å². The smallest absolute Gasteiger partial charge is 0.227 e. The number of pyridine rings is 1. The molecule has 0 aromatic carbocycles. The largest absolute Gasteiger partial charge is 0.300 e. The van der Waals surface area contributed by atoms with Crippen LogP contribution in [0.25, 0.3) is 21.4 Å². The molecule has 4 rings (SSSR count). The van der Waals surface area contributed by atoms with Gasteiger partial charge in [0, 0.05) is 19.2 Å².